The van der Waals surface area contributed by atoms with E-state index in [2.05, 4.69) is 10.6 Å². The molecule has 1 fully saturated rings. The maximum absolute atomic E-state index is 14.1. The second-order valence-electron chi connectivity index (χ2n) is 6.89. The number of hydrogen-bond donors (Lipinski definition) is 2. The van der Waals surface area contributed by atoms with E-state index >= 15 is 0 Å². The third kappa shape index (κ3) is 5.64. The standard InChI is InChI=1S/C20H20F3N3O5S/c21-14-4-2-13(3-5-14)11-24-19(27)20(28)25-12-18-26(8-1-9-31-18)32(29,30)17-10-15(22)6-7-16(17)23/h2-7,10,18H,1,8-9,11-12H2,(H,24,27)(H,25,28)/t18-/m1/s1. The van der Waals surface area contributed by atoms with E-state index in [4.69, 9.17) is 4.74 Å². The molecule has 0 bridgehead atoms. The first-order chi connectivity index (χ1) is 15.2. The number of nitrogens with zero attached hydrogens (tertiary/aromatic N) is 1. The predicted octanol–water partition coefficient (Wildman–Crippen LogP) is 1.27. The monoisotopic (exact) mass is 471 g/mol. The molecule has 2 aromatic rings. The Hall–Kier alpha value is -2.96. The Bertz CT molecular complexity index is 1100. The number of ether oxygens (including phenoxy) is 1. The number of halogens is 3. The van der Waals surface area contributed by atoms with Crippen molar-refractivity contribution < 1.29 is 35.9 Å². The van der Waals surface area contributed by atoms with Crippen LogP contribution in [0.2, 0.25) is 0 Å². The van der Waals surface area contributed by atoms with Gasteiger partial charge in [0, 0.05) is 13.1 Å². The summed E-state index contributed by atoms with van der Waals surface area (Å²) in [4.78, 5) is 23.2. The van der Waals surface area contributed by atoms with Crippen molar-refractivity contribution >= 4 is 21.8 Å². The van der Waals surface area contributed by atoms with E-state index in [1.807, 2.05) is 0 Å². The normalized spacial score (nSPS) is 17.0. The first-order valence-electron chi connectivity index (χ1n) is 9.57. The van der Waals surface area contributed by atoms with E-state index in [-0.39, 0.29) is 26.2 Å². The molecule has 1 heterocycles. The fourth-order valence-electron chi connectivity index (χ4n) is 3.03. The van der Waals surface area contributed by atoms with Crippen LogP contribution in [0.3, 0.4) is 0 Å². The van der Waals surface area contributed by atoms with Crippen LogP contribution in [0, 0.1) is 17.5 Å². The van der Waals surface area contributed by atoms with Gasteiger partial charge in [0.15, 0.2) is 0 Å². The molecule has 12 heteroatoms. The Kier molecular flexibility index (Phi) is 7.48. The van der Waals surface area contributed by atoms with Crippen molar-refractivity contribution in [2.24, 2.45) is 0 Å². The van der Waals surface area contributed by atoms with Crippen molar-refractivity contribution in [2.75, 3.05) is 19.7 Å². The number of sulfonamides is 1. The highest BCUT2D eigenvalue weighted by molar-refractivity contribution is 7.89. The summed E-state index contributed by atoms with van der Waals surface area (Å²) in [6, 6.07) is 7.36. The van der Waals surface area contributed by atoms with E-state index in [1.165, 1.54) is 24.3 Å². The Morgan fingerprint density at radius 1 is 1.00 bits per heavy atom. The number of carbonyl (C=O) groups is 2. The average Bonchev–Trinajstić information content (AvgIpc) is 2.78. The summed E-state index contributed by atoms with van der Waals surface area (Å²) in [6.07, 6.45) is -0.913. The van der Waals surface area contributed by atoms with Gasteiger partial charge in [0.2, 0.25) is 10.0 Å². The SMILES string of the molecule is O=C(NCc1ccc(F)cc1)C(=O)NC[C@H]1OCCCN1S(=O)(=O)c1cc(F)ccc1F. The van der Waals surface area contributed by atoms with Gasteiger partial charge in [-0.15, -0.1) is 0 Å². The lowest BCUT2D eigenvalue weighted by atomic mass is 10.2. The largest absolute Gasteiger partial charge is 0.360 e. The molecule has 2 amide bonds. The quantitative estimate of drug-likeness (QED) is 0.618. The zero-order valence-electron chi connectivity index (χ0n) is 16.7. The summed E-state index contributed by atoms with van der Waals surface area (Å²) in [7, 11) is -4.47. The third-order valence-corrected chi connectivity index (χ3v) is 6.55. The zero-order chi connectivity index (χ0) is 23.3. The maximum Gasteiger partial charge on any atom is 0.309 e. The van der Waals surface area contributed by atoms with Gasteiger partial charge in [0.25, 0.3) is 0 Å². The Labute approximate surface area is 182 Å². The summed E-state index contributed by atoms with van der Waals surface area (Å²) in [6.45, 7) is -0.282. The summed E-state index contributed by atoms with van der Waals surface area (Å²) < 4.78 is 72.4. The molecule has 2 aromatic carbocycles. The zero-order valence-corrected chi connectivity index (χ0v) is 17.5. The highest BCUT2D eigenvalue weighted by Gasteiger charge is 2.36. The average molecular weight is 471 g/mol. The lowest BCUT2D eigenvalue weighted by Gasteiger charge is -2.34. The molecule has 32 heavy (non-hydrogen) atoms. The van der Waals surface area contributed by atoms with Crippen LogP contribution in [-0.4, -0.2) is 50.5 Å². The minimum Gasteiger partial charge on any atom is -0.360 e. The first kappa shape index (κ1) is 23.7. The fourth-order valence-corrected chi connectivity index (χ4v) is 4.67. The number of nitrogens with one attached hydrogen (secondary N) is 2. The molecule has 0 saturated carbocycles. The van der Waals surface area contributed by atoms with E-state index in [1.54, 1.807) is 0 Å². The molecule has 1 atom stereocenters. The van der Waals surface area contributed by atoms with Gasteiger partial charge < -0.3 is 15.4 Å². The van der Waals surface area contributed by atoms with Crippen LogP contribution in [0.1, 0.15) is 12.0 Å². The van der Waals surface area contributed by atoms with Crippen LogP contribution in [-0.2, 0) is 30.9 Å². The Morgan fingerprint density at radius 3 is 2.38 bits per heavy atom. The fraction of sp³-hybridized carbons (Fsp3) is 0.300. The van der Waals surface area contributed by atoms with Crippen molar-refractivity contribution in [1.82, 2.24) is 14.9 Å². The number of hydrogen-bond acceptors (Lipinski definition) is 5. The van der Waals surface area contributed by atoms with Gasteiger partial charge in [-0.05, 0) is 42.3 Å². The highest BCUT2D eigenvalue weighted by atomic mass is 32.2. The van der Waals surface area contributed by atoms with Crippen LogP contribution in [0.5, 0.6) is 0 Å². The summed E-state index contributed by atoms with van der Waals surface area (Å²) >= 11 is 0. The third-order valence-electron chi connectivity index (χ3n) is 4.64. The van der Waals surface area contributed by atoms with Gasteiger partial charge in [-0.2, -0.15) is 4.31 Å². The summed E-state index contributed by atoms with van der Waals surface area (Å²) in [5.41, 5.74) is 0.567. The molecule has 2 N–H and O–H groups in total. The van der Waals surface area contributed by atoms with Gasteiger partial charge in [-0.25, -0.2) is 21.6 Å². The number of rotatable bonds is 6. The minimum atomic E-state index is -4.47. The molecule has 172 valence electrons. The molecule has 1 aliphatic rings. The topological polar surface area (TPSA) is 105 Å². The Balaban J connectivity index is 1.62. The number of benzene rings is 2. The van der Waals surface area contributed by atoms with Gasteiger partial charge in [0.1, 0.15) is 28.6 Å². The van der Waals surface area contributed by atoms with Crippen molar-refractivity contribution in [3.05, 3.63) is 65.5 Å². The molecular weight excluding hydrogens is 451 g/mol. The van der Waals surface area contributed by atoms with Crippen molar-refractivity contribution in [3.8, 4) is 0 Å². The maximum atomic E-state index is 14.1. The van der Waals surface area contributed by atoms with E-state index < -0.39 is 50.4 Å². The molecule has 8 nitrogen and oxygen atoms in total. The Morgan fingerprint density at radius 2 is 1.66 bits per heavy atom. The lowest BCUT2D eigenvalue weighted by Crippen LogP contribution is -2.53. The summed E-state index contributed by atoms with van der Waals surface area (Å²) in [5.74, 6) is -4.53. The van der Waals surface area contributed by atoms with Gasteiger partial charge in [-0.1, -0.05) is 12.1 Å². The molecule has 1 saturated heterocycles. The molecule has 0 unspecified atom stereocenters. The van der Waals surface area contributed by atoms with Crippen LogP contribution >= 0.6 is 0 Å². The summed E-state index contributed by atoms with van der Waals surface area (Å²) in [5, 5.41) is 4.62. The predicted molar refractivity (Wildman–Crippen MR) is 106 cm³/mol. The van der Waals surface area contributed by atoms with Gasteiger partial charge in [-0.3, -0.25) is 9.59 Å². The smallest absolute Gasteiger partial charge is 0.309 e. The van der Waals surface area contributed by atoms with Crippen molar-refractivity contribution in [2.45, 2.75) is 24.1 Å². The van der Waals surface area contributed by atoms with Crippen LogP contribution in [0.25, 0.3) is 0 Å². The number of carbonyl (C=O) groups excluding carboxylic acids is 2. The highest BCUT2D eigenvalue weighted by Crippen LogP contribution is 2.24. The van der Waals surface area contributed by atoms with Crippen molar-refractivity contribution in [3.63, 3.8) is 0 Å². The second-order valence-corrected chi connectivity index (χ2v) is 8.75. The molecule has 0 spiro atoms. The first-order valence-corrected chi connectivity index (χ1v) is 11.0. The second kappa shape index (κ2) is 10.1. The molecule has 1 aliphatic heterocycles. The minimum absolute atomic E-state index is 0.0220. The van der Waals surface area contributed by atoms with E-state index in [9.17, 15) is 31.2 Å². The lowest BCUT2D eigenvalue weighted by molar-refractivity contribution is -0.140. The molecule has 3 rings (SSSR count). The molecule has 0 aromatic heterocycles. The van der Waals surface area contributed by atoms with Crippen LogP contribution in [0.15, 0.2) is 47.4 Å². The van der Waals surface area contributed by atoms with Crippen molar-refractivity contribution in [1.29, 1.82) is 0 Å². The van der Waals surface area contributed by atoms with E-state index in [0.29, 0.717) is 24.1 Å². The van der Waals surface area contributed by atoms with Gasteiger partial charge in [0.05, 0.1) is 13.2 Å². The molecule has 0 radical (unpaired) electrons. The van der Waals surface area contributed by atoms with Gasteiger partial charge >= 0.3 is 11.8 Å². The van der Waals surface area contributed by atoms with Crippen LogP contribution < -0.4 is 10.6 Å². The molecular formula is C20H20F3N3O5S. The number of amides is 2. The van der Waals surface area contributed by atoms with E-state index in [0.717, 1.165) is 10.4 Å². The molecule has 0 aliphatic carbocycles. The van der Waals surface area contributed by atoms with Crippen LogP contribution in [0.4, 0.5) is 13.2 Å².